The van der Waals surface area contributed by atoms with Crippen molar-refractivity contribution in [2.24, 2.45) is 0 Å². The van der Waals surface area contributed by atoms with Gasteiger partial charge in [0.1, 0.15) is 0 Å². The number of hydrogen-bond donors (Lipinski definition) is 0. The number of amides is 1. The molecular formula is C19H21N3O4S. The first-order chi connectivity index (χ1) is 12.9. The van der Waals surface area contributed by atoms with Crippen LogP contribution in [0.5, 0.6) is 0 Å². The first-order valence-electron chi connectivity index (χ1n) is 8.61. The van der Waals surface area contributed by atoms with E-state index in [9.17, 15) is 19.1 Å². The lowest BCUT2D eigenvalue weighted by Gasteiger charge is -2.36. The SMILES string of the molecule is CS(=O)Cc1cccc(C(=O)N2CCN(c3ccc([N+](=O)[O-])cc3)CC2)c1. The van der Waals surface area contributed by atoms with Crippen LogP contribution in [0, 0.1) is 10.1 Å². The number of non-ortho nitro benzene ring substituents is 1. The van der Waals surface area contributed by atoms with Gasteiger partial charge in [0, 0.05) is 72.4 Å². The lowest BCUT2D eigenvalue weighted by atomic mass is 10.1. The van der Waals surface area contributed by atoms with Gasteiger partial charge < -0.3 is 9.80 Å². The fourth-order valence-electron chi connectivity index (χ4n) is 3.16. The zero-order chi connectivity index (χ0) is 19.4. The summed E-state index contributed by atoms with van der Waals surface area (Å²) in [5, 5.41) is 10.8. The molecule has 1 aliphatic rings. The highest BCUT2D eigenvalue weighted by Gasteiger charge is 2.22. The molecule has 0 saturated carbocycles. The van der Waals surface area contributed by atoms with Crippen molar-refractivity contribution in [2.45, 2.75) is 5.75 Å². The monoisotopic (exact) mass is 387 g/mol. The van der Waals surface area contributed by atoms with Gasteiger partial charge in [-0.2, -0.15) is 0 Å². The van der Waals surface area contributed by atoms with E-state index in [2.05, 4.69) is 4.90 Å². The van der Waals surface area contributed by atoms with Gasteiger partial charge in [-0.15, -0.1) is 0 Å². The summed E-state index contributed by atoms with van der Waals surface area (Å²) in [5.74, 6) is 0.414. The van der Waals surface area contributed by atoms with E-state index >= 15 is 0 Å². The van der Waals surface area contributed by atoms with E-state index in [1.54, 1.807) is 24.5 Å². The van der Waals surface area contributed by atoms with Crippen LogP contribution in [0.15, 0.2) is 48.5 Å². The maximum Gasteiger partial charge on any atom is 0.269 e. The molecule has 0 bridgehead atoms. The third-order valence-corrected chi connectivity index (χ3v) is 5.28. The summed E-state index contributed by atoms with van der Waals surface area (Å²) in [6.07, 6.45) is 1.64. The summed E-state index contributed by atoms with van der Waals surface area (Å²) in [4.78, 5) is 27.0. The first kappa shape index (κ1) is 19.0. The summed E-state index contributed by atoms with van der Waals surface area (Å²) < 4.78 is 11.4. The molecule has 0 spiro atoms. The minimum Gasteiger partial charge on any atom is -0.368 e. The van der Waals surface area contributed by atoms with Crippen molar-refractivity contribution in [3.8, 4) is 0 Å². The molecule has 3 rings (SSSR count). The second kappa shape index (κ2) is 8.30. The van der Waals surface area contributed by atoms with Crippen molar-refractivity contribution in [1.82, 2.24) is 4.90 Å². The molecule has 1 saturated heterocycles. The Morgan fingerprint density at radius 1 is 1.11 bits per heavy atom. The van der Waals surface area contributed by atoms with Crippen molar-refractivity contribution < 1.29 is 13.9 Å². The standard InChI is InChI=1S/C19H21N3O4S/c1-27(26)14-15-3-2-4-16(13-15)19(23)21-11-9-20(10-12-21)17-5-7-18(8-6-17)22(24)25/h2-8,13H,9-12,14H2,1H3. The minimum atomic E-state index is -0.947. The molecule has 0 radical (unpaired) electrons. The number of rotatable bonds is 5. The van der Waals surface area contributed by atoms with Crippen LogP contribution in [0.25, 0.3) is 0 Å². The summed E-state index contributed by atoms with van der Waals surface area (Å²) in [7, 11) is -0.947. The molecule has 8 heteroatoms. The average Bonchev–Trinajstić information content (AvgIpc) is 2.67. The van der Waals surface area contributed by atoms with Crippen LogP contribution in [0.1, 0.15) is 15.9 Å². The molecule has 0 aliphatic carbocycles. The molecule has 1 aliphatic heterocycles. The maximum absolute atomic E-state index is 12.8. The Morgan fingerprint density at radius 3 is 2.37 bits per heavy atom. The van der Waals surface area contributed by atoms with Crippen LogP contribution in [0.4, 0.5) is 11.4 Å². The van der Waals surface area contributed by atoms with Crippen molar-refractivity contribution in [3.05, 3.63) is 69.8 Å². The topological polar surface area (TPSA) is 83.8 Å². The molecular weight excluding hydrogens is 366 g/mol. The van der Waals surface area contributed by atoms with Crippen molar-refractivity contribution >= 4 is 28.1 Å². The van der Waals surface area contributed by atoms with Gasteiger partial charge in [0.2, 0.25) is 0 Å². The van der Waals surface area contributed by atoms with E-state index in [-0.39, 0.29) is 11.6 Å². The fraction of sp³-hybridized carbons (Fsp3) is 0.316. The van der Waals surface area contributed by atoms with Crippen molar-refractivity contribution in [1.29, 1.82) is 0 Å². The molecule has 2 aromatic carbocycles. The number of carbonyl (C=O) groups excluding carboxylic acids is 1. The van der Waals surface area contributed by atoms with Crippen LogP contribution in [0.2, 0.25) is 0 Å². The quantitative estimate of drug-likeness (QED) is 0.581. The predicted molar refractivity (Wildman–Crippen MR) is 105 cm³/mol. The maximum atomic E-state index is 12.8. The number of anilines is 1. The highest BCUT2D eigenvalue weighted by Crippen LogP contribution is 2.21. The van der Waals surface area contributed by atoms with Gasteiger partial charge in [0.15, 0.2) is 0 Å². The fourth-order valence-corrected chi connectivity index (χ4v) is 3.81. The average molecular weight is 387 g/mol. The highest BCUT2D eigenvalue weighted by molar-refractivity contribution is 7.83. The number of nitro groups is 1. The van der Waals surface area contributed by atoms with E-state index in [0.717, 1.165) is 11.3 Å². The first-order valence-corrected chi connectivity index (χ1v) is 10.3. The Bertz CT molecular complexity index is 862. The largest absolute Gasteiger partial charge is 0.368 e. The van der Waals surface area contributed by atoms with Gasteiger partial charge in [-0.25, -0.2) is 0 Å². The molecule has 27 heavy (non-hydrogen) atoms. The molecule has 2 aromatic rings. The Balaban J connectivity index is 1.62. The zero-order valence-electron chi connectivity index (χ0n) is 15.0. The second-order valence-corrected chi connectivity index (χ2v) is 7.91. The minimum absolute atomic E-state index is 0.0258. The number of piperazine rings is 1. The lowest BCUT2D eigenvalue weighted by molar-refractivity contribution is -0.384. The number of hydrogen-bond acceptors (Lipinski definition) is 5. The molecule has 142 valence electrons. The smallest absolute Gasteiger partial charge is 0.269 e. The van der Waals surface area contributed by atoms with Gasteiger partial charge in [-0.1, -0.05) is 12.1 Å². The third-order valence-electron chi connectivity index (χ3n) is 4.54. The van der Waals surface area contributed by atoms with Gasteiger partial charge in [0.05, 0.1) is 4.92 Å². The molecule has 1 heterocycles. The molecule has 7 nitrogen and oxygen atoms in total. The molecule has 0 aromatic heterocycles. The van der Waals surface area contributed by atoms with Crippen LogP contribution >= 0.6 is 0 Å². The molecule has 1 amide bonds. The lowest BCUT2D eigenvalue weighted by Crippen LogP contribution is -2.48. The van der Waals surface area contributed by atoms with E-state index in [4.69, 9.17) is 0 Å². The second-order valence-electron chi connectivity index (χ2n) is 6.47. The molecule has 1 fully saturated rings. The molecule has 1 atom stereocenters. The van der Waals surface area contributed by atoms with Gasteiger partial charge in [0.25, 0.3) is 11.6 Å². The number of nitro benzene ring substituents is 1. The van der Waals surface area contributed by atoms with Crippen LogP contribution < -0.4 is 4.90 Å². The summed E-state index contributed by atoms with van der Waals surface area (Å²) in [6.45, 7) is 2.50. The Hall–Kier alpha value is -2.74. The van der Waals surface area contributed by atoms with Crippen LogP contribution in [-0.2, 0) is 16.6 Å². The van der Waals surface area contributed by atoms with E-state index in [1.807, 2.05) is 23.1 Å². The molecule has 1 unspecified atom stereocenters. The number of carbonyl (C=O) groups is 1. The van der Waals surface area contributed by atoms with Gasteiger partial charge >= 0.3 is 0 Å². The number of benzene rings is 2. The molecule has 0 N–H and O–H groups in total. The van der Waals surface area contributed by atoms with Gasteiger partial charge in [-0.05, 0) is 29.8 Å². The van der Waals surface area contributed by atoms with Crippen LogP contribution in [-0.4, -0.2) is 52.4 Å². The Morgan fingerprint density at radius 2 is 1.78 bits per heavy atom. The predicted octanol–water partition coefficient (Wildman–Crippen LogP) is 2.44. The highest BCUT2D eigenvalue weighted by atomic mass is 32.2. The normalized spacial score (nSPS) is 15.4. The van der Waals surface area contributed by atoms with Crippen molar-refractivity contribution in [3.63, 3.8) is 0 Å². The summed E-state index contributed by atoms with van der Waals surface area (Å²) in [6, 6.07) is 13.8. The van der Waals surface area contributed by atoms with E-state index in [1.165, 1.54) is 12.1 Å². The van der Waals surface area contributed by atoms with Crippen molar-refractivity contribution in [2.75, 3.05) is 37.3 Å². The zero-order valence-corrected chi connectivity index (χ0v) is 15.9. The summed E-state index contributed by atoms with van der Waals surface area (Å²) in [5.41, 5.74) is 2.49. The Labute approximate surface area is 160 Å². The van der Waals surface area contributed by atoms with Gasteiger partial charge in [-0.3, -0.25) is 19.1 Å². The van der Waals surface area contributed by atoms with Crippen LogP contribution in [0.3, 0.4) is 0 Å². The Kier molecular flexibility index (Phi) is 5.85. The van der Waals surface area contributed by atoms with E-state index < -0.39 is 15.7 Å². The third kappa shape index (κ3) is 4.71. The summed E-state index contributed by atoms with van der Waals surface area (Å²) >= 11 is 0. The number of nitrogens with zero attached hydrogens (tertiary/aromatic N) is 3. The van der Waals surface area contributed by atoms with E-state index in [0.29, 0.717) is 37.5 Å².